The van der Waals surface area contributed by atoms with Crippen molar-refractivity contribution in [2.24, 2.45) is 5.92 Å². The molecule has 7 heteroatoms. The van der Waals surface area contributed by atoms with E-state index in [1.54, 1.807) is 0 Å². The number of carbonyl (C=O) groups excluding carboxylic acids is 2. The Hall–Kier alpha value is -1.56. The normalized spacial score (nSPS) is 19.8. The van der Waals surface area contributed by atoms with Crippen molar-refractivity contribution in [1.82, 2.24) is 4.98 Å². The van der Waals surface area contributed by atoms with Crippen LogP contribution in [0.5, 0.6) is 0 Å². The summed E-state index contributed by atoms with van der Waals surface area (Å²) in [6.45, 7) is 0.462. The summed E-state index contributed by atoms with van der Waals surface area (Å²) in [7, 11) is 1.25. The number of ether oxygens (including phenoxy) is 1. The number of hydrogen-bond donors (Lipinski definition) is 0. The Morgan fingerprint density at radius 1 is 1.76 bits per heavy atom. The first-order valence-corrected chi connectivity index (χ1v) is 5.59. The number of alkyl halides is 1. The van der Waals surface area contributed by atoms with Crippen LogP contribution in [0.25, 0.3) is 0 Å². The van der Waals surface area contributed by atoms with Gasteiger partial charge in [0.2, 0.25) is 11.7 Å². The summed E-state index contributed by atoms with van der Waals surface area (Å²) >= 11 is 5.70. The van der Waals surface area contributed by atoms with Crippen LogP contribution in [0.4, 0.5) is 6.01 Å². The summed E-state index contributed by atoms with van der Waals surface area (Å²) in [5.74, 6) is -0.243. The van der Waals surface area contributed by atoms with Gasteiger partial charge in [-0.2, -0.15) is 0 Å². The summed E-state index contributed by atoms with van der Waals surface area (Å²) in [6.07, 6.45) is 1.61. The number of methoxy groups -OCH3 is 1. The Morgan fingerprint density at radius 3 is 3.12 bits per heavy atom. The summed E-state index contributed by atoms with van der Waals surface area (Å²) in [6, 6.07) is 0.114. The molecule has 0 aliphatic carbocycles. The Labute approximate surface area is 102 Å². The van der Waals surface area contributed by atoms with E-state index in [1.165, 1.54) is 18.2 Å². The second-order valence-corrected chi connectivity index (χ2v) is 4.04. The third kappa shape index (κ3) is 2.26. The molecule has 0 radical (unpaired) electrons. The predicted octanol–water partition coefficient (Wildman–Crippen LogP) is 1.05. The minimum Gasteiger partial charge on any atom is -0.463 e. The summed E-state index contributed by atoms with van der Waals surface area (Å²) in [5, 5.41) is 0. The van der Waals surface area contributed by atoms with Crippen molar-refractivity contribution in [2.75, 3.05) is 24.4 Å². The van der Waals surface area contributed by atoms with Crippen LogP contribution in [-0.2, 0) is 9.53 Å². The van der Waals surface area contributed by atoms with Crippen molar-refractivity contribution in [3.63, 3.8) is 0 Å². The van der Waals surface area contributed by atoms with Crippen LogP contribution < -0.4 is 4.90 Å². The minimum atomic E-state index is -0.621. The maximum absolute atomic E-state index is 11.6. The smallest absolute Gasteiger partial charge is 0.375 e. The van der Waals surface area contributed by atoms with E-state index in [0.29, 0.717) is 18.8 Å². The molecule has 1 amide bonds. The molecule has 6 nitrogen and oxygen atoms in total. The highest BCUT2D eigenvalue weighted by Crippen LogP contribution is 2.25. The fraction of sp³-hybridized carbons (Fsp3) is 0.500. The van der Waals surface area contributed by atoms with Gasteiger partial charge in [-0.3, -0.25) is 9.69 Å². The van der Waals surface area contributed by atoms with Crippen molar-refractivity contribution >= 4 is 29.5 Å². The lowest BCUT2D eigenvalue weighted by Gasteiger charge is -2.10. The molecule has 1 aromatic heterocycles. The number of oxazole rings is 1. The molecule has 92 valence electrons. The zero-order chi connectivity index (χ0) is 12.4. The lowest BCUT2D eigenvalue weighted by Crippen LogP contribution is -2.24. The third-order valence-corrected chi connectivity index (χ3v) is 2.97. The molecule has 1 aromatic rings. The van der Waals surface area contributed by atoms with Gasteiger partial charge >= 0.3 is 12.0 Å². The first-order valence-electron chi connectivity index (χ1n) is 5.06. The Balaban J connectivity index is 2.15. The van der Waals surface area contributed by atoms with Gasteiger partial charge in [-0.25, -0.2) is 9.78 Å². The van der Waals surface area contributed by atoms with Gasteiger partial charge in [0.05, 0.1) is 13.3 Å². The van der Waals surface area contributed by atoms with Gasteiger partial charge in [0.1, 0.15) is 0 Å². The van der Waals surface area contributed by atoms with E-state index in [-0.39, 0.29) is 23.6 Å². The van der Waals surface area contributed by atoms with Crippen molar-refractivity contribution in [3.8, 4) is 0 Å². The fourth-order valence-electron chi connectivity index (χ4n) is 1.65. The monoisotopic (exact) mass is 258 g/mol. The molecule has 0 saturated carbocycles. The Kier molecular flexibility index (Phi) is 3.33. The average Bonchev–Trinajstić information content (AvgIpc) is 2.94. The second-order valence-electron chi connectivity index (χ2n) is 3.73. The average molecular weight is 259 g/mol. The summed E-state index contributed by atoms with van der Waals surface area (Å²) in [5.41, 5.74) is 0. The zero-order valence-corrected chi connectivity index (χ0v) is 9.94. The van der Waals surface area contributed by atoms with Crippen molar-refractivity contribution in [1.29, 1.82) is 0 Å². The van der Waals surface area contributed by atoms with E-state index in [1.807, 2.05) is 0 Å². The van der Waals surface area contributed by atoms with Gasteiger partial charge in [-0.1, -0.05) is 0 Å². The number of anilines is 1. The van der Waals surface area contributed by atoms with E-state index in [2.05, 4.69) is 9.72 Å². The molecule has 17 heavy (non-hydrogen) atoms. The Morgan fingerprint density at radius 2 is 2.53 bits per heavy atom. The number of rotatable bonds is 3. The van der Waals surface area contributed by atoms with Gasteiger partial charge in [0.25, 0.3) is 0 Å². The van der Waals surface area contributed by atoms with Gasteiger partial charge in [-0.05, 0) is 5.92 Å². The highest BCUT2D eigenvalue weighted by atomic mass is 35.5. The molecule has 1 atom stereocenters. The Bertz CT molecular complexity index is 445. The molecule has 2 rings (SSSR count). The molecule has 1 fully saturated rings. The van der Waals surface area contributed by atoms with Crippen LogP contribution in [0.1, 0.15) is 17.0 Å². The van der Waals surface area contributed by atoms with Gasteiger partial charge in [0, 0.05) is 18.8 Å². The van der Waals surface area contributed by atoms with Crippen LogP contribution in [-0.4, -0.2) is 36.4 Å². The summed E-state index contributed by atoms with van der Waals surface area (Å²) < 4.78 is 9.64. The summed E-state index contributed by atoms with van der Waals surface area (Å²) in [4.78, 5) is 28.1. The molecule has 2 heterocycles. The highest BCUT2D eigenvalue weighted by Gasteiger charge is 2.33. The van der Waals surface area contributed by atoms with Crippen LogP contribution in [0.3, 0.4) is 0 Å². The van der Waals surface area contributed by atoms with Crippen molar-refractivity contribution in [3.05, 3.63) is 12.0 Å². The molecule has 0 aromatic carbocycles. The maximum atomic E-state index is 11.6. The van der Waals surface area contributed by atoms with E-state index in [9.17, 15) is 9.59 Å². The molecule has 0 N–H and O–H groups in total. The molecule has 1 unspecified atom stereocenters. The SMILES string of the molecule is COC(=O)c1cnc(N2CC(CCl)CC2=O)o1. The standard InChI is InChI=1S/C10H11ClN2O4/c1-16-9(15)7-4-12-10(17-7)13-5-6(3-11)2-8(13)14/h4,6H,2-3,5H2,1H3. The highest BCUT2D eigenvalue weighted by molar-refractivity contribution is 6.18. The number of nitrogens with zero attached hydrogens (tertiary/aromatic N) is 2. The van der Waals surface area contributed by atoms with E-state index in [0.717, 1.165) is 0 Å². The van der Waals surface area contributed by atoms with E-state index in [4.69, 9.17) is 16.0 Å². The third-order valence-electron chi connectivity index (χ3n) is 2.53. The van der Waals surface area contributed by atoms with E-state index >= 15 is 0 Å². The van der Waals surface area contributed by atoms with Crippen molar-refractivity contribution < 1.29 is 18.7 Å². The number of amides is 1. The fourth-order valence-corrected chi connectivity index (χ4v) is 1.86. The van der Waals surface area contributed by atoms with Gasteiger partial charge in [0.15, 0.2) is 0 Å². The lowest BCUT2D eigenvalue weighted by molar-refractivity contribution is -0.117. The number of esters is 1. The first kappa shape index (κ1) is 11.9. The van der Waals surface area contributed by atoms with Crippen LogP contribution in [0.15, 0.2) is 10.6 Å². The zero-order valence-electron chi connectivity index (χ0n) is 9.18. The molecule has 0 spiro atoms. The van der Waals surface area contributed by atoms with Crippen LogP contribution in [0, 0.1) is 5.92 Å². The predicted molar refractivity (Wildman–Crippen MR) is 59.0 cm³/mol. The van der Waals surface area contributed by atoms with Gasteiger partial charge in [-0.15, -0.1) is 11.6 Å². The number of carbonyl (C=O) groups is 2. The molecule has 0 bridgehead atoms. The molecule has 1 aliphatic rings. The van der Waals surface area contributed by atoms with Crippen LogP contribution >= 0.6 is 11.6 Å². The topological polar surface area (TPSA) is 72.6 Å². The minimum absolute atomic E-state index is 0.0235. The molecule has 1 aliphatic heterocycles. The number of halogens is 1. The van der Waals surface area contributed by atoms with Gasteiger partial charge < -0.3 is 9.15 Å². The largest absolute Gasteiger partial charge is 0.463 e. The first-order chi connectivity index (χ1) is 8.15. The molecule has 1 saturated heterocycles. The van der Waals surface area contributed by atoms with Crippen LogP contribution in [0.2, 0.25) is 0 Å². The molecular weight excluding hydrogens is 248 g/mol. The van der Waals surface area contributed by atoms with E-state index < -0.39 is 5.97 Å². The quantitative estimate of drug-likeness (QED) is 0.599. The lowest BCUT2D eigenvalue weighted by atomic mass is 10.2. The number of aromatic nitrogens is 1. The van der Waals surface area contributed by atoms with Crippen molar-refractivity contribution in [2.45, 2.75) is 6.42 Å². The second kappa shape index (κ2) is 4.75. The maximum Gasteiger partial charge on any atom is 0.375 e. The molecular formula is C10H11ClN2O4. The number of hydrogen-bond acceptors (Lipinski definition) is 5.